The van der Waals surface area contributed by atoms with Gasteiger partial charge in [0.15, 0.2) is 0 Å². The second kappa shape index (κ2) is 5.33. The van der Waals surface area contributed by atoms with Crippen LogP contribution in [-0.4, -0.2) is 45.1 Å². The molecule has 0 aliphatic carbocycles. The number of aryl methyl sites for hydroxylation is 1. The first-order chi connectivity index (χ1) is 7.90. The van der Waals surface area contributed by atoms with Gasteiger partial charge in [0, 0.05) is 18.9 Å². The number of amides is 2. The van der Waals surface area contributed by atoms with Gasteiger partial charge in [0.2, 0.25) is 0 Å². The zero-order valence-corrected chi connectivity index (χ0v) is 10.0. The fourth-order valence-corrected chi connectivity index (χ4v) is 1.20. The average Bonchev–Trinajstić information content (AvgIpc) is 2.63. The van der Waals surface area contributed by atoms with Crippen LogP contribution in [0.5, 0.6) is 0 Å². The lowest BCUT2D eigenvalue weighted by molar-refractivity contribution is -0.138. The summed E-state index contributed by atoms with van der Waals surface area (Å²) in [6, 6.07) is -1.36. The van der Waals surface area contributed by atoms with Crippen molar-refractivity contribution in [3.63, 3.8) is 0 Å². The third kappa shape index (κ3) is 3.78. The highest BCUT2D eigenvalue weighted by Gasteiger charge is 2.17. The SMILES string of the molecule is Cc1cnc(CN(C)C(=O)N[C@H](C)C(=O)O)[nH]1. The Morgan fingerprint density at radius 1 is 1.65 bits per heavy atom. The van der Waals surface area contributed by atoms with E-state index in [-0.39, 0.29) is 0 Å². The zero-order valence-electron chi connectivity index (χ0n) is 10.0. The summed E-state index contributed by atoms with van der Waals surface area (Å²) in [6.07, 6.45) is 1.67. The number of carboxylic acids is 1. The fraction of sp³-hybridized carbons (Fsp3) is 0.500. The van der Waals surface area contributed by atoms with Crippen LogP contribution >= 0.6 is 0 Å². The molecule has 0 aromatic carbocycles. The number of aromatic amines is 1. The molecule has 1 aromatic heterocycles. The van der Waals surface area contributed by atoms with Crippen LogP contribution in [0.1, 0.15) is 18.4 Å². The van der Waals surface area contributed by atoms with E-state index in [4.69, 9.17) is 5.11 Å². The van der Waals surface area contributed by atoms with E-state index >= 15 is 0 Å². The van der Waals surface area contributed by atoms with Crippen LogP contribution in [0.4, 0.5) is 4.79 Å². The number of rotatable bonds is 4. The molecule has 1 aromatic rings. The third-order valence-electron chi connectivity index (χ3n) is 2.20. The maximum absolute atomic E-state index is 11.6. The summed E-state index contributed by atoms with van der Waals surface area (Å²) < 4.78 is 0. The molecule has 1 atom stereocenters. The van der Waals surface area contributed by atoms with Crippen molar-refractivity contribution >= 4 is 12.0 Å². The van der Waals surface area contributed by atoms with E-state index in [1.165, 1.54) is 11.8 Å². The zero-order chi connectivity index (χ0) is 13.0. The van der Waals surface area contributed by atoms with E-state index in [2.05, 4.69) is 15.3 Å². The molecule has 17 heavy (non-hydrogen) atoms. The normalized spacial score (nSPS) is 11.9. The van der Waals surface area contributed by atoms with Crippen LogP contribution in [0.3, 0.4) is 0 Å². The molecule has 0 saturated heterocycles. The summed E-state index contributed by atoms with van der Waals surface area (Å²) in [5.74, 6) is -0.413. The first-order valence-corrected chi connectivity index (χ1v) is 5.15. The predicted octanol–water partition coefficient (Wildman–Crippen LogP) is 0.333. The number of hydrogen-bond donors (Lipinski definition) is 3. The lowest BCUT2D eigenvalue weighted by atomic mass is 10.3. The summed E-state index contributed by atoms with van der Waals surface area (Å²) >= 11 is 0. The molecule has 94 valence electrons. The van der Waals surface area contributed by atoms with Crippen molar-refractivity contribution in [3.8, 4) is 0 Å². The minimum Gasteiger partial charge on any atom is -0.480 e. The largest absolute Gasteiger partial charge is 0.480 e. The van der Waals surface area contributed by atoms with Crippen molar-refractivity contribution in [2.45, 2.75) is 26.4 Å². The number of carbonyl (C=O) groups is 2. The van der Waals surface area contributed by atoms with Gasteiger partial charge >= 0.3 is 12.0 Å². The highest BCUT2D eigenvalue weighted by atomic mass is 16.4. The molecule has 1 heterocycles. The van der Waals surface area contributed by atoms with Crippen molar-refractivity contribution in [1.29, 1.82) is 0 Å². The van der Waals surface area contributed by atoms with Gasteiger partial charge in [-0.3, -0.25) is 4.79 Å². The summed E-state index contributed by atoms with van der Waals surface area (Å²) in [4.78, 5) is 30.6. The molecule has 2 amide bonds. The minimum absolute atomic E-state index is 0.298. The number of carbonyl (C=O) groups excluding carboxylic acids is 1. The van der Waals surface area contributed by atoms with E-state index in [1.54, 1.807) is 13.2 Å². The van der Waals surface area contributed by atoms with Gasteiger partial charge in [-0.1, -0.05) is 0 Å². The topological polar surface area (TPSA) is 98.3 Å². The Morgan fingerprint density at radius 3 is 2.76 bits per heavy atom. The molecule has 0 saturated carbocycles. The van der Waals surface area contributed by atoms with Crippen LogP contribution in [0.15, 0.2) is 6.20 Å². The van der Waals surface area contributed by atoms with Crippen LogP contribution in [0.25, 0.3) is 0 Å². The molecule has 3 N–H and O–H groups in total. The van der Waals surface area contributed by atoms with Crippen LogP contribution in [0, 0.1) is 6.92 Å². The van der Waals surface area contributed by atoms with E-state index in [9.17, 15) is 9.59 Å². The summed E-state index contributed by atoms with van der Waals surface area (Å²) in [7, 11) is 1.57. The van der Waals surface area contributed by atoms with E-state index in [1.807, 2.05) is 6.92 Å². The number of urea groups is 1. The fourth-order valence-electron chi connectivity index (χ4n) is 1.20. The van der Waals surface area contributed by atoms with Crippen LogP contribution < -0.4 is 5.32 Å². The van der Waals surface area contributed by atoms with E-state index < -0.39 is 18.0 Å². The van der Waals surface area contributed by atoms with E-state index in [0.717, 1.165) is 5.69 Å². The van der Waals surface area contributed by atoms with Crippen molar-refractivity contribution < 1.29 is 14.7 Å². The monoisotopic (exact) mass is 240 g/mol. The Labute approximate surface area is 98.8 Å². The Morgan fingerprint density at radius 2 is 2.29 bits per heavy atom. The van der Waals surface area contributed by atoms with Crippen LogP contribution in [-0.2, 0) is 11.3 Å². The van der Waals surface area contributed by atoms with Gasteiger partial charge in [-0.05, 0) is 13.8 Å². The maximum atomic E-state index is 11.6. The number of carboxylic acid groups (broad SMARTS) is 1. The molecular formula is C10H16N4O3. The van der Waals surface area contributed by atoms with Gasteiger partial charge < -0.3 is 20.3 Å². The Bertz CT molecular complexity index is 415. The molecule has 0 aliphatic rings. The second-order valence-electron chi connectivity index (χ2n) is 3.88. The van der Waals surface area contributed by atoms with Gasteiger partial charge in [0.1, 0.15) is 11.9 Å². The van der Waals surface area contributed by atoms with Gasteiger partial charge in [0.25, 0.3) is 0 Å². The molecule has 0 fully saturated rings. The van der Waals surface area contributed by atoms with Crippen molar-refractivity contribution in [3.05, 3.63) is 17.7 Å². The lowest BCUT2D eigenvalue weighted by Crippen LogP contribution is -2.44. The standard InChI is InChI=1S/C10H16N4O3/c1-6-4-11-8(12-6)5-14(3)10(17)13-7(2)9(15)16/h4,7H,5H2,1-3H3,(H,11,12)(H,13,17)(H,15,16)/t7-/m1/s1. The molecule has 0 unspecified atom stereocenters. The molecule has 0 aliphatic heterocycles. The van der Waals surface area contributed by atoms with Gasteiger partial charge in [0.05, 0.1) is 6.54 Å². The van der Waals surface area contributed by atoms with Gasteiger partial charge in [-0.2, -0.15) is 0 Å². The molecule has 1 rings (SSSR count). The number of nitrogens with zero attached hydrogens (tertiary/aromatic N) is 2. The number of hydrogen-bond acceptors (Lipinski definition) is 3. The lowest BCUT2D eigenvalue weighted by Gasteiger charge is -2.18. The molecule has 0 spiro atoms. The summed E-state index contributed by atoms with van der Waals surface area (Å²) in [5, 5.41) is 11.0. The van der Waals surface area contributed by atoms with Crippen molar-refractivity contribution in [2.75, 3.05) is 7.05 Å². The van der Waals surface area contributed by atoms with Gasteiger partial charge in [-0.25, -0.2) is 9.78 Å². The number of aliphatic carboxylic acids is 1. The highest BCUT2D eigenvalue weighted by Crippen LogP contribution is 1.99. The molecule has 7 heteroatoms. The average molecular weight is 240 g/mol. The Kier molecular flexibility index (Phi) is 4.08. The quantitative estimate of drug-likeness (QED) is 0.706. The summed E-state index contributed by atoms with van der Waals surface area (Å²) in [6.45, 7) is 3.57. The molecule has 0 bridgehead atoms. The van der Waals surface area contributed by atoms with Crippen molar-refractivity contribution in [2.24, 2.45) is 0 Å². The minimum atomic E-state index is -1.07. The maximum Gasteiger partial charge on any atom is 0.325 e. The number of aromatic nitrogens is 2. The Hall–Kier alpha value is -2.05. The predicted molar refractivity (Wildman–Crippen MR) is 60.4 cm³/mol. The second-order valence-corrected chi connectivity index (χ2v) is 3.88. The van der Waals surface area contributed by atoms with E-state index in [0.29, 0.717) is 12.4 Å². The Balaban J connectivity index is 2.50. The molecule has 0 radical (unpaired) electrons. The number of imidazole rings is 1. The van der Waals surface area contributed by atoms with Gasteiger partial charge in [-0.15, -0.1) is 0 Å². The first-order valence-electron chi connectivity index (χ1n) is 5.15. The molecule has 7 nitrogen and oxygen atoms in total. The first kappa shape index (κ1) is 13.0. The number of H-pyrrole nitrogens is 1. The summed E-state index contributed by atoms with van der Waals surface area (Å²) in [5.41, 5.74) is 0.910. The molecular weight excluding hydrogens is 224 g/mol. The van der Waals surface area contributed by atoms with Crippen LogP contribution in [0.2, 0.25) is 0 Å². The smallest absolute Gasteiger partial charge is 0.325 e. The number of nitrogens with one attached hydrogen (secondary N) is 2. The highest BCUT2D eigenvalue weighted by molar-refractivity contribution is 5.81. The third-order valence-corrected chi connectivity index (χ3v) is 2.20. The van der Waals surface area contributed by atoms with Crippen molar-refractivity contribution in [1.82, 2.24) is 20.2 Å².